The van der Waals surface area contributed by atoms with Crippen LogP contribution in [0.3, 0.4) is 0 Å². The quantitative estimate of drug-likeness (QED) is 0.0195. The molecule has 0 aliphatic carbocycles. The molecule has 38 nitrogen and oxygen atoms in total. The average molecular weight is 1360 g/mol. The van der Waals surface area contributed by atoms with E-state index in [1.807, 2.05) is 0 Å². The van der Waals surface area contributed by atoms with Crippen molar-refractivity contribution in [3.05, 3.63) is 63.1 Å². The molecular weight excluding hydrogens is 1280 g/mol. The second-order valence-corrected chi connectivity index (χ2v) is 24.2. The Bertz CT molecular complexity index is 3230. The van der Waals surface area contributed by atoms with Crippen LogP contribution in [0.25, 0.3) is 0 Å². The number of ether oxygens (including phenoxy) is 5. The number of thiazole rings is 1. The predicted molar refractivity (Wildman–Crippen MR) is 333 cm³/mol. The molecule has 6 rings (SSSR count). The van der Waals surface area contributed by atoms with E-state index in [2.05, 4.69) is 75.5 Å². The smallest absolute Gasteiger partial charge is 0.404 e. The number of carbonyl (C=O) groups excluding carboxylic acids is 8. The van der Waals surface area contributed by atoms with Crippen molar-refractivity contribution in [3.8, 4) is 0 Å². The number of H-pyrrole nitrogens is 1. The predicted octanol–water partition coefficient (Wildman–Crippen LogP) is -8.57. The molecule has 41 heteroatoms. The lowest BCUT2D eigenvalue weighted by Gasteiger charge is -2.46. The number of nitrogens with one attached hydrogen (secondary N) is 7. The van der Waals surface area contributed by atoms with Crippen LogP contribution >= 0.6 is 11.3 Å². The summed E-state index contributed by atoms with van der Waals surface area (Å²) in [5.41, 5.74) is 28.6. The molecule has 25 N–H and O–H groups in total. The van der Waals surface area contributed by atoms with Gasteiger partial charge in [-0.1, -0.05) is 32.9 Å². The molecule has 3 aromatic heterocycles. The number of aliphatic hydroxyl groups excluding tert-OH is 8. The fourth-order valence-corrected chi connectivity index (χ4v) is 10.8. The molecule has 0 spiro atoms. The summed E-state index contributed by atoms with van der Waals surface area (Å²) in [6, 6.07) is -7.89. The third kappa shape index (κ3) is 20.4. The number of aromatic nitrogens is 5. The summed E-state index contributed by atoms with van der Waals surface area (Å²) in [6.07, 6.45) is -24.4. The molecule has 8 amide bonds. The normalized spacial score (nSPS) is 24.7. The van der Waals surface area contributed by atoms with E-state index < -0.39 is 176 Å². The summed E-state index contributed by atoms with van der Waals surface area (Å²) >= 11 is 1.29. The van der Waals surface area contributed by atoms with E-state index in [0.29, 0.717) is 42.5 Å². The first-order valence-electron chi connectivity index (χ1n) is 30.2. The number of hydrogen-bond acceptors (Lipinski definition) is 30. The lowest BCUT2D eigenvalue weighted by atomic mass is 9.51. The molecule has 0 radical (unpaired) electrons. The van der Waals surface area contributed by atoms with Crippen LogP contribution in [0.15, 0.2) is 34.6 Å². The maximum Gasteiger partial charge on any atom is 0.404 e. The molecule has 0 saturated carbocycles. The number of aromatic amines is 1. The molecule has 3 aliphatic rings. The molecule has 6 heterocycles. The van der Waals surface area contributed by atoms with Gasteiger partial charge >= 0.3 is 6.09 Å². The van der Waals surface area contributed by atoms with Gasteiger partial charge in [0.2, 0.25) is 36.8 Å². The molecule has 95 heavy (non-hydrogen) atoms. The lowest BCUT2D eigenvalue weighted by molar-refractivity contribution is -0.390. The Kier molecular flexibility index (Phi) is 27.9. The van der Waals surface area contributed by atoms with Crippen molar-refractivity contribution in [2.75, 3.05) is 32.0 Å². The van der Waals surface area contributed by atoms with Gasteiger partial charge in [0.05, 0.1) is 65.6 Å². The Morgan fingerprint density at radius 1 is 0.842 bits per heavy atom. The number of primary amides is 3. The Morgan fingerprint density at radius 3 is 2.19 bits per heavy atom. The molecule has 19 atom stereocenters. The van der Waals surface area contributed by atoms with Gasteiger partial charge in [-0.15, -0.1) is 11.3 Å². The SMILES string of the molecule is CB(C)CCCNC(=O)C1=CBC(c2csc(CCNC(=O)[C@@H](NC(=O)[C@@H](C)[C@H](O)[C@@H](C)NC(=O)[C@@H](NC(=O)c3nc([C@H](CC(N)=O)NCC(N)C(N)=O)nc(N)c3C)[C@@H](OC3OC(O)C(O)C(O)C3OC3OC(CO)C(O)C(OC(N)=O)C3O)c3c[nH]cn3)[C@@H](C)O)n2)=N1. The van der Waals surface area contributed by atoms with Gasteiger partial charge in [0.15, 0.2) is 25.0 Å². The highest BCUT2D eigenvalue weighted by atomic mass is 32.1. The summed E-state index contributed by atoms with van der Waals surface area (Å²) in [6.45, 7) is 8.88. The summed E-state index contributed by atoms with van der Waals surface area (Å²) in [5, 5.41) is 106. The van der Waals surface area contributed by atoms with Gasteiger partial charge < -0.3 is 130 Å². The summed E-state index contributed by atoms with van der Waals surface area (Å²) < 4.78 is 28.1. The number of aliphatic hydroxyl groups is 8. The third-order valence-corrected chi connectivity index (χ3v) is 16.4. The third-order valence-electron chi connectivity index (χ3n) is 15.5. The van der Waals surface area contributed by atoms with Crippen molar-refractivity contribution >= 4 is 84.2 Å². The minimum absolute atomic E-state index is 0.000440. The first-order chi connectivity index (χ1) is 44.8. The molecule has 522 valence electrons. The fourth-order valence-electron chi connectivity index (χ4n) is 9.98. The van der Waals surface area contributed by atoms with Crippen molar-refractivity contribution in [1.29, 1.82) is 0 Å². The van der Waals surface area contributed by atoms with Gasteiger partial charge in [-0.2, -0.15) is 0 Å². The van der Waals surface area contributed by atoms with Crippen LogP contribution < -0.4 is 60.6 Å². The monoisotopic (exact) mass is 1360 g/mol. The number of nitrogen functional groups attached to an aromatic ring is 1. The number of nitrogens with zero attached hydrogens (tertiary/aromatic N) is 5. The van der Waals surface area contributed by atoms with Crippen molar-refractivity contribution in [2.45, 2.75) is 177 Å². The van der Waals surface area contributed by atoms with Gasteiger partial charge in [0, 0.05) is 55.2 Å². The number of hydrogen-bond donors (Lipinski definition) is 20. The number of amides is 8. The fraction of sp³-hybridized carbons (Fsp3) is 0.611. The number of imidazole rings is 1. The van der Waals surface area contributed by atoms with E-state index in [4.69, 9.17) is 52.4 Å². The molecule has 11 unspecified atom stereocenters. The minimum Gasteiger partial charge on any atom is -0.441 e. The number of nitrogens with two attached hydrogens (primary N) is 5. The van der Waals surface area contributed by atoms with Crippen molar-refractivity contribution < 1.29 is 103 Å². The van der Waals surface area contributed by atoms with Gasteiger partial charge in [-0.05, 0) is 27.2 Å². The Morgan fingerprint density at radius 2 is 1.56 bits per heavy atom. The summed E-state index contributed by atoms with van der Waals surface area (Å²) in [7, 11) is 0.390. The number of carbonyl (C=O) groups is 8. The Hall–Kier alpha value is -7.74. The first-order valence-corrected chi connectivity index (χ1v) is 31.0. The van der Waals surface area contributed by atoms with Crippen LogP contribution in [0, 0.1) is 12.8 Å². The minimum atomic E-state index is -2.34. The highest BCUT2D eigenvalue weighted by Crippen LogP contribution is 2.34. The summed E-state index contributed by atoms with van der Waals surface area (Å²) in [4.78, 5) is 131. The number of anilines is 1. The molecule has 3 aromatic rings. The molecular formula is C54H83B2N17O21S. The summed E-state index contributed by atoms with van der Waals surface area (Å²) in [5.74, 6) is -7.01. The Labute approximate surface area is 548 Å². The molecule has 0 aromatic carbocycles. The van der Waals surface area contributed by atoms with Gasteiger partial charge in [-0.3, -0.25) is 38.6 Å². The van der Waals surface area contributed by atoms with Crippen molar-refractivity contribution in [3.63, 3.8) is 0 Å². The molecule has 2 saturated heterocycles. The van der Waals surface area contributed by atoms with Gasteiger partial charge in [0.1, 0.15) is 84.6 Å². The largest absolute Gasteiger partial charge is 0.441 e. The van der Waals surface area contributed by atoms with E-state index >= 15 is 4.79 Å². The highest BCUT2D eigenvalue weighted by molar-refractivity contribution is 7.10. The van der Waals surface area contributed by atoms with E-state index in [1.54, 1.807) is 11.4 Å². The van der Waals surface area contributed by atoms with E-state index in [0.717, 1.165) is 25.3 Å². The van der Waals surface area contributed by atoms with Crippen LogP contribution in [-0.4, -0.2) is 257 Å². The Balaban J connectivity index is 1.25. The van der Waals surface area contributed by atoms with Crippen molar-refractivity contribution in [2.24, 2.45) is 33.8 Å². The van der Waals surface area contributed by atoms with Crippen molar-refractivity contribution in [1.82, 2.24) is 56.8 Å². The van der Waals surface area contributed by atoms with E-state index in [9.17, 15) is 74.4 Å². The lowest BCUT2D eigenvalue weighted by Crippen LogP contribution is -2.65. The second-order valence-electron chi connectivity index (χ2n) is 23.3. The maximum atomic E-state index is 15.1. The molecule has 2 fully saturated rings. The topological polar surface area (TPSA) is 627 Å². The van der Waals surface area contributed by atoms with E-state index in [-0.39, 0.29) is 48.3 Å². The number of rotatable bonds is 34. The van der Waals surface area contributed by atoms with E-state index in [1.165, 1.54) is 39.0 Å². The first kappa shape index (κ1) is 76.3. The maximum absolute atomic E-state index is 15.1. The zero-order valence-corrected chi connectivity index (χ0v) is 53.5. The van der Waals surface area contributed by atoms with Crippen LogP contribution in [-0.2, 0) is 58.9 Å². The zero-order valence-electron chi connectivity index (χ0n) is 52.6. The highest BCUT2D eigenvalue weighted by Gasteiger charge is 2.54. The zero-order chi connectivity index (χ0) is 70.3. The van der Waals surface area contributed by atoms with Crippen LogP contribution in [0.4, 0.5) is 10.6 Å². The van der Waals surface area contributed by atoms with Gasteiger partial charge in [0.25, 0.3) is 11.8 Å². The standard InChI is InChI=1S/C54H83B2N17O21S/c1-19-31(70-45(73-43(19)59)24(12-29(58)76)65-14-23(57)44(60)82)49(86)72-33(39(26-15-62-18-66-26)91-53-41(36(79)37(80)51(88)94-53)92-52-38(81)40(93-54(61)89)35(78)28(16-74)90-52)50(87)67-21(3)34(77)20(2)46(83)71-32(22(4)75)48(85)64-11-8-30-68-27(17-95-30)42-55-13-25(69-42)47(84)63-10-7-9-56(5)6/h13,15,17-18,20-24,28,32-41,51-53,55,65,74-75,77-81,88H,7-12,14,16,57H2,1-6H3,(H2,58,76)(H2,60,82)(H2,61,89)(H,62,66)(H,63,84)(H,64,85)(H,67,87)(H,71,83)(H,72,86)(H2,59,70,73)/t20-,21+,22+,23?,24-,28?,32-,33-,34-,35?,36?,37?,38?,39-,40?,41?,51?,52?,53?/m0/s1. The average Bonchev–Trinajstić information content (AvgIpc) is 1.39. The molecule has 0 bridgehead atoms. The second kappa shape index (κ2) is 34.8. The van der Waals surface area contributed by atoms with Crippen LogP contribution in [0.5, 0.6) is 0 Å². The van der Waals surface area contributed by atoms with Crippen LogP contribution in [0.2, 0.25) is 20.0 Å². The van der Waals surface area contributed by atoms with Gasteiger partial charge in [-0.25, -0.2) is 24.7 Å². The molecule has 3 aliphatic heterocycles. The number of aliphatic imine (C=N–C) groups is 1. The van der Waals surface area contributed by atoms with Crippen LogP contribution in [0.1, 0.15) is 84.0 Å².